The normalized spacial score (nSPS) is 10.2. The van der Waals surface area contributed by atoms with Crippen molar-refractivity contribution >= 4 is 17.6 Å². The predicted molar refractivity (Wildman–Crippen MR) is 61.6 cm³/mol. The molecule has 0 fully saturated rings. The smallest absolute Gasteiger partial charge is 0.356 e. The van der Waals surface area contributed by atoms with Crippen LogP contribution in [-0.2, 0) is 0 Å². The number of halogens is 2. The molecular weight excluding hydrogens is 245 g/mol. The number of aromatic carboxylic acids is 1. The Labute approximate surface area is 101 Å². The maximum Gasteiger partial charge on any atom is 0.356 e. The SMILES string of the molecule is O=C(O)c1ncc(-c2cccc(F)c2)cc1Cl. The number of nitrogens with zero attached hydrogens (tertiary/aromatic N) is 1. The molecule has 86 valence electrons. The van der Waals surface area contributed by atoms with Gasteiger partial charge in [-0.15, -0.1) is 0 Å². The summed E-state index contributed by atoms with van der Waals surface area (Å²) >= 11 is 5.78. The minimum absolute atomic E-state index is 0.0271. The lowest BCUT2D eigenvalue weighted by Gasteiger charge is -2.03. The molecule has 17 heavy (non-hydrogen) atoms. The third kappa shape index (κ3) is 2.42. The third-order valence-corrected chi connectivity index (χ3v) is 2.49. The molecular formula is C12H7ClFNO2. The highest BCUT2D eigenvalue weighted by atomic mass is 35.5. The summed E-state index contributed by atoms with van der Waals surface area (Å²) in [6, 6.07) is 7.35. The highest BCUT2D eigenvalue weighted by molar-refractivity contribution is 6.33. The molecule has 1 aromatic carbocycles. The molecule has 0 aliphatic carbocycles. The van der Waals surface area contributed by atoms with Crippen molar-refractivity contribution in [1.82, 2.24) is 4.98 Å². The summed E-state index contributed by atoms with van der Waals surface area (Å²) in [4.78, 5) is 14.4. The van der Waals surface area contributed by atoms with E-state index in [9.17, 15) is 9.18 Å². The highest BCUT2D eigenvalue weighted by Crippen LogP contribution is 2.24. The van der Waals surface area contributed by atoms with Crippen LogP contribution in [0.4, 0.5) is 4.39 Å². The predicted octanol–water partition coefficient (Wildman–Crippen LogP) is 3.24. The molecule has 2 rings (SSSR count). The fraction of sp³-hybridized carbons (Fsp3) is 0. The molecule has 0 atom stereocenters. The number of carboxylic acid groups (broad SMARTS) is 1. The molecule has 1 N–H and O–H groups in total. The monoisotopic (exact) mass is 251 g/mol. The number of carbonyl (C=O) groups is 1. The van der Waals surface area contributed by atoms with Gasteiger partial charge in [0.25, 0.3) is 0 Å². The summed E-state index contributed by atoms with van der Waals surface area (Å²) < 4.78 is 13.0. The molecule has 1 heterocycles. The molecule has 0 radical (unpaired) electrons. The summed E-state index contributed by atoms with van der Waals surface area (Å²) in [7, 11) is 0. The summed E-state index contributed by atoms with van der Waals surface area (Å²) in [6.07, 6.45) is 1.35. The molecule has 2 aromatic rings. The van der Waals surface area contributed by atoms with E-state index in [-0.39, 0.29) is 16.5 Å². The van der Waals surface area contributed by atoms with Crippen molar-refractivity contribution in [2.24, 2.45) is 0 Å². The second-order valence-electron chi connectivity index (χ2n) is 3.37. The van der Waals surface area contributed by atoms with Crippen molar-refractivity contribution in [1.29, 1.82) is 0 Å². The van der Waals surface area contributed by atoms with Crippen LogP contribution in [0.2, 0.25) is 5.02 Å². The Morgan fingerprint density at radius 2 is 2.06 bits per heavy atom. The number of hydrogen-bond acceptors (Lipinski definition) is 2. The largest absolute Gasteiger partial charge is 0.476 e. The Morgan fingerprint density at radius 1 is 1.29 bits per heavy atom. The van der Waals surface area contributed by atoms with Crippen LogP contribution < -0.4 is 0 Å². The van der Waals surface area contributed by atoms with E-state index in [1.54, 1.807) is 12.1 Å². The second kappa shape index (κ2) is 4.51. The number of aromatic nitrogens is 1. The third-order valence-electron chi connectivity index (χ3n) is 2.20. The molecule has 1 aromatic heterocycles. The Balaban J connectivity index is 2.48. The molecule has 0 amide bonds. The Hall–Kier alpha value is -1.94. The van der Waals surface area contributed by atoms with Crippen LogP contribution in [-0.4, -0.2) is 16.1 Å². The van der Waals surface area contributed by atoms with Crippen molar-refractivity contribution in [3.05, 3.63) is 53.1 Å². The Bertz CT molecular complexity index is 586. The molecule has 5 heteroatoms. The van der Waals surface area contributed by atoms with Gasteiger partial charge < -0.3 is 5.11 Å². The molecule has 0 spiro atoms. The van der Waals surface area contributed by atoms with Crippen LogP contribution in [0, 0.1) is 5.82 Å². The molecule has 0 aliphatic rings. The van der Waals surface area contributed by atoms with Crippen LogP contribution in [0.5, 0.6) is 0 Å². The maximum atomic E-state index is 13.0. The van der Waals surface area contributed by atoms with Crippen LogP contribution in [0.15, 0.2) is 36.5 Å². The van der Waals surface area contributed by atoms with Crippen molar-refractivity contribution in [2.45, 2.75) is 0 Å². The average molecular weight is 252 g/mol. The molecule has 3 nitrogen and oxygen atoms in total. The first-order valence-corrected chi connectivity index (χ1v) is 5.10. The number of hydrogen-bond donors (Lipinski definition) is 1. The van der Waals surface area contributed by atoms with Crippen molar-refractivity contribution < 1.29 is 14.3 Å². The number of pyridine rings is 1. The van der Waals surface area contributed by atoms with E-state index in [4.69, 9.17) is 16.7 Å². The summed E-state index contributed by atoms with van der Waals surface area (Å²) in [5.74, 6) is -1.57. The first kappa shape index (κ1) is 11.5. The van der Waals surface area contributed by atoms with Gasteiger partial charge in [0.2, 0.25) is 0 Å². The van der Waals surface area contributed by atoms with Gasteiger partial charge >= 0.3 is 5.97 Å². The van der Waals surface area contributed by atoms with E-state index in [2.05, 4.69) is 4.98 Å². The topological polar surface area (TPSA) is 50.2 Å². The van der Waals surface area contributed by atoms with Gasteiger partial charge in [-0.25, -0.2) is 14.2 Å². The molecule has 0 aliphatic heterocycles. The van der Waals surface area contributed by atoms with Crippen LogP contribution in [0.1, 0.15) is 10.5 Å². The van der Waals surface area contributed by atoms with Gasteiger partial charge in [-0.05, 0) is 23.8 Å². The van der Waals surface area contributed by atoms with Gasteiger partial charge in [0.1, 0.15) is 5.82 Å². The van der Waals surface area contributed by atoms with Crippen LogP contribution in [0.3, 0.4) is 0 Å². The quantitative estimate of drug-likeness (QED) is 0.891. The van der Waals surface area contributed by atoms with Crippen molar-refractivity contribution in [2.75, 3.05) is 0 Å². The zero-order chi connectivity index (χ0) is 12.4. The Kier molecular flexibility index (Phi) is 3.06. The summed E-state index contributed by atoms with van der Waals surface area (Å²) in [6.45, 7) is 0. The van der Waals surface area contributed by atoms with Gasteiger partial charge in [-0.1, -0.05) is 23.7 Å². The van der Waals surface area contributed by atoms with Crippen LogP contribution >= 0.6 is 11.6 Å². The lowest BCUT2D eigenvalue weighted by atomic mass is 10.1. The molecule has 0 unspecified atom stereocenters. The van der Waals surface area contributed by atoms with E-state index in [1.807, 2.05) is 0 Å². The molecule has 0 saturated heterocycles. The van der Waals surface area contributed by atoms with Crippen molar-refractivity contribution in [3.63, 3.8) is 0 Å². The number of benzene rings is 1. The lowest BCUT2D eigenvalue weighted by molar-refractivity contribution is 0.0691. The van der Waals surface area contributed by atoms with Crippen molar-refractivity contribution in [3.8, 4) is 11.1 Å². The van der Waals surface area contributed by atoms with E-state index < -0.39 is 5.97 Å². The fourth-order valence-electron chi connectivity index (χ4n) is 1.42. The Morgan fingerprint density at radius 3 is 2.65 bits per heavy atom. The second-order valence-corrected chi connectivity index (χ2v) is 3.78. The standard InChI is InChI=1S/C12H7ClFNO2/c13-10-5-8(6-15-11(10)12(16)17)7-2-1-3-9(14)4-7/h1-6H,(H,16,17). The van der Waals surface area contributed by atoms with E-state index in [1.165, 1.54) is 24.4 Å². The number of carboxylic acids is 1. The summed E-state index contributed by atoms with van der Waals surface area (Å²) in [5, 5.41) is 8.79. The zero-order valence-electron chi connectivity index (χ0n) is 8.52. The fourth-order valence-corrected chi connectivity index (χ4v) is 1.67. The number of rotatable bonds is 2. The van der Waals surface area contributed by atoms with E-state index in [0.29, 0.717) is 11.1 Å². The minimum atomic E-state index is -1.19. The minimum Gasteiger partial charge on any atom is -0.476 e. The van der Waals surface area contributed by atoms with Gasteiger partial charge in [-0.3, -0.25) is 0 Å². The van der Waals surface area contributed by atoms with Crippen LogP contribution in [0.25, 0.3) is 11.1 Å². The highest BCUT2D eigenvalue weighted by Gasteiger charge is 2.11. The lowest BCUT2D eigenvalue weighted by Crippen LogP contribution is -2.01. The van der Waals surface area contributed by atoms with Gasteiger partial charge in [0, 0.05) is 11.8 Å². The molecule has 0 bridgehead atoms. The zero-order valence-corrected chi connectivity index (χ0v) is 9.28. The average Bonchev–Trinajstić information content (AvgIpc) is 2.28. The van der Waals surface area contributed by atoms with Gasteiger partial charge in [-0.2, -0.15) is 0 Å². The first-order chi connectivity index (χ1) is 8.08. The van der Waals surface area contributed by atoms with Gasteiger partial charge in [0.05, 0.1) is 5.02 Å². The van der Waals surface area contributed by atoms with E-state index in [0.717, 1.165) is 0 Å². The maximum absolute atomic E-state index is 13.0. The van der Waals surface area contributed by atoms with Gasteiger partial charge in [0.15, 0.2) is 5.69 Å². The summed E-state index contributed by atoms with van der Waals surface area (Å²) in [5.41, 5.74) is 0.947. The first-order valence-electron chi connectivity index (χ1n) is 4.72. The molecule has 0 saturated carbocycles. The van der Waals surface area contributed by atoms with E-state index >= 15 is 0 Å².